The summed E-state index contributed by atoms with van der Waals surface area (Å²) in [4.78, 5) is 12.1. The van der Waals surface area contributed by atoms with Crippen LogP contribution in [0.1, 0.15) is 24.8 Å². The standard InChI is InChI=1S/C15H19NO3S/c1-11-6-8-13(9-7-11)20(18,19)10-15(17)16-14-5-3-4-12(14)2/h6-9,14H,2-5,10H2,1H3,(H,16,17). The zero-order chi connectivity index (χ0) is 14.8. The van der Waals surface area contributed by atoms with Crippen LogP contribution in [-0.2, 0) is 14.6 Å². The predicted octanol–water partition coefficient (Wildman–Crippen LogP) is 1.99. The molecule has 0 aromatic heterocycles. The Morgan fingerprint density at radius 3 is 2.55 bits per heavy atom. The lowest BCUT2D eigenvalue weighted by atomic mass is 10.2. The molecule has 0 radical (unpaired) electrons. The highest BCUT2D eigenvalue weighted by Gasteiger charge is 2.24. The lowest BCUT2D eigenvalue weighted by Crippen LogP contribution is -2.37. The molecule has 1 aliphatic rings. The van der Waals surface area contributed by atoms with E-state index in [2.05, 4.69) is 11.9 Å². The van der Waals surface area contributed by atoms with Crippen molar-refractivity contribution >= 4 is 15.7 Å². The Balaban J connectivity index is 2.02. The second-order valence-electron chi connectivity index (χ2n) is 5.24. The van der Waals surface area contributed by atoms with Crippen LogP contribution in [0, 0.1) is 6.92 Å². The van der Waals surface area contributed by atoms with Gasteiger partial charge in [-0.05, 0) is 38.3 Å². The topological polar surface area (TPSA) is 63.2 Å². The van der Waals surface area contributed by atoms with Crippen LogP contribution < -0.4 is 5.32 Å². The van der Waals surface area contributed by atoms with E-state index in [1.165, 1.54) is 12.1 Å². The summed E-state index contributed by atoms with van der Waals surface area (Å²) in [5.41, 5.74) is 1.96. The molecule has 1 saturated carbocycles. The van der Waals surface area contributed by atoms with Gasteiger partial charge < -0.3 is 5.32 Å². The van der Waals surface area contributed by atoms with Crippen molar-refractivity contribution < 1.29 is 13.2 Å². The van der Waals surface area contributed by atoms with Crippen molar-refractivity contribution in [1.29, 1.82) is 0 Å². The molecule has 1 aromatic rings. The Morgan fingerprint density at radius 1 is 1.35 bits per heavy atom. The van der Waals surface area contributed by atoms with E-state index in [-0.39, 0.29) is 10.9 Å². The molecule has 1 atom stereocenters. The fraction of sp³-hybridized carbons (Fsp3) is 0.400. The molecule has 0 spiro atoms. The maximum atomic E-state index is 12.1. The summed E-state index contributed by atoms with van der Waals surface area (Å²) in [6, 6.07) is 6.45. The normalized spacial score (nSPS) is 19.1. The van der Waals surface area contributed by atoms with Crippen molar-refractivity contribution in [1.82, 2.24) is 5.32 Å². The van der Waals surface area contributed by atoms with Gasteiger partial charge in [-0.2, -0.15) is 0 Å². The van der Waals surface area contributed by atoms with E-state index in [0.717, 1.165) is 30.4 Å². The number of nitrogens with one attached hydrogen (secondary N) is 1. The van der Waals surface area contributed by atoms with Crippen molar-refractivity contribution in [2.45, 2.75) is 37.1 Å². The van der Waals surface area contributed by atoms with Gasteiger partial charge in [0.15, 0.2) is 9.84 Å². The minimum Gasteiger partial charge on any atom is -0.349 e. The van der Waals surface area contributed by atoms with E-state index >= 15 is 0 Å². The van der Waals surface area contributed by atoms with Crippen LogP contribution in [0.25, 0.3) is 0 Å². The molecule has 1 fully saturated rings. The average Bonchev–Trinajstić information content (AvgIpc) is 2.74. The van der Waals surface area contributed by atoms with Crippen LogP contribution in [0.4, 0.5) is 0 Å². The van der Waals surface area contributed by atoms with E-state index in [9.17, 15) is 13.2 Å². The smallest absolute Gasteiger partial charge is 0.236 e. The molecule has 1 aromatic carbocycles. The van der Waals surface area contributed by atoms with Gasteiger partial charge in [-0.1, -0.05) is 29.8 Å². The third kappa shape index (κ3) is 3.48. The summed E-state index contributed by atoms with van der Waals surface area (Å²) in [7, 11) is -3.58. The summed E-state index contributed by atoms with van der Waals surface area (Å²) in [5.74, 6) is -0.974. The predicted molar refractivity (Wildman–Crippen MR) is 78.2 cm³/mol. The fourth-order valence-corrected chi connectivity index (χ4v) is 3.47. The van der Waals surface area contributed by atoms with Gasteiger partial charge in [0.1, 0.15) is 5.75 Å². The maximum absolute atomic E-state index is 12.1. The molecule has 2 rings (SSSR count). The van der Waals surface area contributed by atoms with E-state index in [1.54, 1.807) is 12.1 Å². The highest BCUT2D eigenvalue weighted by Crippen LogP contribution is 2.23. The second kappa shape index (κ2) is 5.79. The molecular formula is C15H19NO3S. The van der Waals surface area contributed by atoms with Crippen molar-refractivity contribution in [3.8, 4) is 0 Å². The Labute approximate surface area is 119 Å². The third-order valence-electron chi connectivity index (χ3n) is 3.52. The van der Waals surface area contributed by atoms with E-state index < -0.39 is 21.5 Å². The van der Waals surface area contributed by atoms with Crippen molar-refractivity contribution in [3.05, 3.63) is 42.0 Å². The first-order chi connectivity index (χ1) is 9.38. The van der Waals surface area contributed by atoms with Gasteiger partial charge in [0.05, 0.1) is 4.90 Å². The molecule has 5 heteroatoms. The van der Waals surface area contributed by atoms with Gasteiger partial charge in [0.25, 0.3) is 0 Å². The number of rotatable bonds is 4. The van der Waals surface area contributed by atoms with E-state index in [4.69, 9.17) is 0 Å². The van der Waals surface area contributed by atoms with Crippen LogP contribution in [0.3, 0.4) is 0 Å². The maximum Gasteiger partial charge on any atom is 0.236 e. The summed E-state index contributed by atoms with van der Waals surface area (Å²) >= 11 is 0. The van der Waals surface area contributed by atoms with E-state index in [1.807, 2.05) is 6.92 Å². The summed E-state index contributed by atoms with van der Waals surface area (Å²) in [6.07, 6.45) is 2.74. The first kappa shape index (κ1) is 14.8. The molecule has 1 amide bonds. The molecule has 1 N–H and O–H groups in total. The molecule has 0 bridgehead atoms. The summed E-state index contributed by atoms with van der Waals surface area (Å²) in [6.45, 7) is 5.77. The highest BCUT2D eigenvalue weighted by atomic mass is 32.2. The zero-order valence-electron chi connectivity index (χ0n) is 11.6. The Kier molecular flexibility index (Phi) is 4.28. The van der Waals surface area contributed by atoms with Crippen molar-refractivity contribution in [2.24, 2.45) is 0 Å². The van der Waals surface area contributed by atoms with Crippen molar-refractivity contribution in [3.63, 3.8) is 0 Å². The van der Waals surface area contributed by atoms with E-state index in [0.29, 0.717) is 0 Å². The molecule has 1 unspecified atom stereocenters. The quantitative estimate of drug-likeness (QED) is 0.864. The second-order valence-corrected chi connectivity index (χ2v) is 7.23. The highest BCUT2D eigenvalue weighted by molar-refractivity contribution is 7.92. The minimum atomic E-state index is -3.58. The SMILES string of the molecule is C=C1CCCC1NC(=O)CS(=O)(=O)c1ccc(C)cc1. The number of hydrogen-bond acceptors (Lipinski definition) is 3. The molecular weight excluding hydrogens is 274 g/mol. The third-order valence-corrected chi connectivity index (χ3v) is 5.15. The number of benzene rings is 1. The fourth-order valence-electron chi connectivity index (χ4n) is 2.32. The number of hydrogen-bond donors (Lipinski definition) is 1. The number of carbonyl (C=O) groups excluding carboxylic acids is 1. The molecule has 0 saturated heterocycles. The van der Waals surface area contributed by atoms with Crippen molar-refractivity contribution in [2.75, 3.05) is 5.75 Å². The van der Waals surface area contributed by atoms with Gasteiger partial charge in [-0.15, -0.1) is 0 Å². The van der Waals surface area contributed by atoms with Crippen LogP contribution >= 0.6 is 0 Å². The van der Waals surface area contributed by atoms with Gasteiger partial charge in [0, 0.05) is 6.04 Å². The molecule has 0 heterocycles. The summed E-state index contributed by atoms with van der Waals surface area (Å²) in [5, 5.41) is 2.75. The summed E-state index contributed by atoms with van der Waals surface area (Å²) < 4.78 is 24.3. The number of sulfone groups is 1. The lowest BCUT2D eigenvalue weighted by Gasteiger charge is -2.13. The zero-order valence-corrected chi connectivity index (χ0v) is 12.4. The Morgan fingerprint density at radius 2 is 2.00 bits per heavy atom. The lowest BCUT2D eigenvalue weighted by molar-refractivity contribution is -0.119. The Hall–Kier alpha value is -1.62. The first-order valence-corrected chi connectivity index (χ1v) is 8.30. The van der Waals surface area contributed by atoms with Crippen LogP contribution in [-0.4, -0.2) is 26.1 Å². The largest absolute Gasteiger partial charge is 0.349 e. The molecule has 0 aliphatic heterocycles. The molecule has 4 nitrogen and oxygen atoms in total. The molecule has 1 aliphatic carbocycles. The minimum absolute atomic E-state index is 0.0734. The van der Waals surface area contributed by atoms with Crippen LogP contribution in [0.15, 0.2) is 41.3 Å². The number of aryl methyl sites for hydroxylation is 1. The number of carbonyl (C=O) groups is 1. The molecule has 20 heavy (non-hydrogen) atoms. The monoisotopic (exact) mass is 293 g/mol. The first-order valence-electron chi connectivity index (χ1n) is 6.65. The van der Waals surface area contributed by atoms with Gasteiger partial charge >= 0.3 is 0 Å². The van der Waals surface area contributed by atoms with Gasteiger partial charge in [0.2, 0.25) is 5.91 Å². The van der Waals surface area contributed by atoms with Gasteiger partial charge in [-0.25, -0.2) is 8.42 Å². The van der Waals surface area contributed by atoms with Crippen LogP contribution in [0.5, 0.6) is 0 Å². The van der Waals surface area contributed by atoms with Crippen LogP contribution in [0.2, 0.25) is 0 Å². The Bertz CT molecular complexity index is 617. The average molecular weight is 293 g/mol. The molecule has 108 valence electrons. The number of amides is 1. The van der Waals surface area contributed by atoms with Gasteiger partial charge in [-0.3, -0.25) is 4.79 Å².